The second-order valence-corrected chi connectivity index (χ2v) is 7.40. The van der Waals surface area contributed by atoms with Gasteiger partial charge < -0.3 is 9.52 Å². The highest BCUT2D eigenvalue weighted by Gasteiger charge is 2.17. The van der Waals surface area contributed by atoms with Crippen molar-refractivity contribution < 1.29 is 9.52 Å². The average Bonchev–Trinajstić information content (AvgIpc) is 3.05. The quantitative estimate of drug-likeness (QED) is 0.324. The van der Waals surface area contributed by atoms with Crippen molar-refractivity contribution in [2.24, 2.45) is 0 Å². The highest BCUT2D eigenvalue weighted by atomic mass is 35.5. The van der Waals surface area contributed by atoms with E-state index < -0.39 is 6.10 Å². The standard InChI is InChI=1S/C23H22Cl2O2/c1-2-3-4-5-18-14-21(15-22(26)16-6-10-19(24)11-7-16)27-23(18)17-8-12-20(25)13-9-17/h2,6-14,22,26H,1,3-5,15H2. The van der Waals surface area contributed by atoms with E-state index in [0.29, 0.717) is 16.5 Å². The van der Waals surface area contributed by atoms with Gasteiger partial charge in [0.25, 0.3) is 0 Å². The number of unbranched alkanes of at least 4 members (excludes halogenated alkanes) is 1. The summed E-state index contributed by atoms with van der Waals surface area (Å²) in [4.78, 5) is 0. The average molecular weight is 401 g/mol. The molecule has 0 saturated heterocycles. The molecule has 1 aromatic heterocycles. The minimum absolute atomic E-state index is 0.406. The molecule has 3 aromatic rings. The number of benzene rings is 2. The van der Waals surface area contributed by atoms with Crippen molar-refractivity contribution in [3.8, 4) is 11.3 Å². The van der Waals surface area contributed by atoms with Gasteiger partial charge in [0.15, 0.2) is 0 Å². The van der Waals surface area contributed by atoms with Crippen LogP contribution < -0.4 is 0 Å². The largest absolute Gasteiger partial charge is 0.461 e. The first kappa shape index (κ1) is 19.8. The molecule has 0 amide bonds. The molecule has 27 heavy (non-hydrogen) atoms. The molecule has 0 radical (unpaired) electrons. The Labute approximate surface area is 170 Å². The Hall–Kier alpha value is -2.00. The molecule has 140 valence electrons. The number of halogens is 2. The van der Waals surface area contributed by atoms with Crippen molar-refractivity contribution in [3.63, 3.8) is 0 Å². The van der Waals surface area contributed by atoms with Gasteiger partial charge in [-0.1, -0.05) is 41.4 Å². The van der Waals surface area contributed by atoms with Crippen molar-refractivity contribution in [1.29, 1.82) is 0 Å². The Kier molecular flexibility index (Phi) is 6.78. The predicted molar refractivity (Wildman–Crippen MR) is 112 cm³/mol. The summed E-state index contributed by atoms with van der Waals surface area (Å²) in [6.45, 7) is 3.79. The summed E-state index contributed by atoms with van der Waals surface area (Å²) in [5.41, 5.74) is 2.94. The zero-order chi connectivity index (χ0) is 19.2. The second kappa shape index (κ2) is 9.27. The van der Waals surface area contributed by atoms with Gasteiger partial charge in [-0.25, -0.2) is 0 Å². The van der Waals surface area contributed by atoms with Gasteiger partial charge in [0.1, 0.15) is 11.5 Å². The Balaban J connectivity index is 1.84. The molecule has 0 saturated carbocycles. The molecule has 1 N–H and O–H groups in total. The molecule has 0 aliphatic heterocycles. The van der Waals surface area contributed by atoms with Crippen LogP contribution in [0.5, 0.6) is 0 Å². The molecular formula is C23H22Cl2O2. The topological polar surface area (TPSA) is 33.4 Å². The van der Waals surface area contributed by atoms with Gasteiger partial charge in [-0.2, -0.15) is 0 Å². The van der Waals surface area contributed by atoms with Crippen LogP contribution in [0.15, 0.2) is 71.7 Å². The van der Waals surface area contributed by atoms with E-state index in [-0.39, 0.29) is 0 Å². The van der Waals surface area contributed by atoms with Gasteiger partial charge in [0, 0.05) is 22.0 Å². The monoisotopic (exact) mass is 400 g/mol. The third-order valence-electron chi connectivity index (χ3n) is 4.47. The normalized spacial score (nSPS) is 12.1. The van der Waals surface area contributed by atoms with E-state index in [1.807, 2.05) is 48.5 Å². The van der Waals surface area contributed by atoms with Crippen LogP contribution in [-0.4, -0.2) is 5.11 Å². The van der Waals surface area contributed by atoms with Gasteiger partial charge in [-0.3, -0.25) is 0 Å². The van der Waals surface area contributed by atoms with E-state index in [0.717, 1.165) is 47.5 Å². The molecule has 1 unspecified atom stereocenters. The lowest BCUT2D eigenvalue weighted by Crippen LogP contribution is -2.00. The zero-order valence-corrected chi connectivity index (χ0v) is 16.5. The Morgan fingerprint density at radius 2 is 1.63 bits per heavy atom. The van der Waals surface area contributed by atoms with E-state index in [1.54, 1.807) is 12.1 Å². The Morgan fingerprint density at radius 3 is 2.26 bits per heavy atom. The molecule has 0 fully saturated rings. The van der Waals surface area contributed by atoms with Crippen molar-refractivity contribution in [2.45, 2.75) is 31.8 Å². The summed E-state index contributed by atoms with van der Waals surface area (Å²) in [7, 11) is 0. The van der Waals surface area contributed by atoms with Crippen molar-refractivity contribution >= 4 is 23.2 Å². The van der Waals surface area contributed by atoms with Crippen LogP contribution in [0, 0.1) is 0 Å². The zero-order valence-electron chi connectivity index (χ0n) is 15.0. The van der Waals surface area contributed by atoms with E-state index in [9.17, 15) is 5.11 Å². The minimum Gasteiger partial charge on any atom is -0.461 e. The Morgan fingerprint density at radius 1 is 1.00 bits per heavy atom. The smallest absolute Gasteiger partial charge is 0.137 e. The second-order valence-electron chi connectivity index (χ2n) is 6.53. The highest BCUT2D eigenvalue weighted by molar-refractivity contribution is 6.30. The fourth-order valence-corrected chi connectivity index (χ4v) is 3.30. The number of rotatable bonds is 8. The third kappa shape index (κ3) is 5.26. The molecule has 3 rings (SSSR count). The predicted octanol–water partition coefficient (Wildman–Crippen LogP) is 7.04. The van der Waals surface area contributed by atoms with Crippen LogP contribution in [0.4, 0.5) is 0 Å². The lowest BCUT2D eigenvalue weighted by atomic mass is 10.0. The maximum absolute atomic E-state index is 10.6. The SMILES string of the molecule is C=CCCCc1cc(CC(O)c2ccc(Cl)cc2)oc1-c1ccc(Cl)cc1. The fraction of sp³-hybridized carbons (Fsp3) is 0.217. The van der Waals surface area contributed by atoms with E-state index in [1.165, 1.54) is 0 Å². The van der Waals surface area contributed by atoms with Gasteiger partial charge in [-0.05, 0) is 72.9 Å². The maximum atomic E-state index is 10.6. The van der Waals surface area contributed by atoms with E-state index >= 15 is 0 Å². The van der Waals surface area contributed by atoms with Crippen molar-refractivity contribution in [2.75, 3.05) is 0 Å². The van der Waals surface area contributed by atoms with Crippen molar-refractivity contribution in [1.82, 2.24) is 0 Å². The summed E-state index contributed by atoms with van der Waals surface area (Å²) in [6.07, 6.45) is 4.53. The van der Waals surface area contributed by atoms with Crippen LogP contribution in [0.1, 0.15) is 35.8 Å². The van der Waals surface area contributed by atoms with Crippen LogP contribution in [0.2, 0.25) is 10.0 Å². The molecule has 1 heterocycles. The molecule has 0 aliphatic rings. The molecular weight excluding hydrogens is 379 g/mol. The summed E-state index contributed by atoms with van der Waals surface area (Å²) < 4.78 is 6.13. The highest BCUT2D eigenvalue weighted by Crippen LogP contribution is 2.32. The molecule has 0 spiro atoms. The van der Waals surface area contributed by atoms with Gasteiger partial charge in [0.2, 0.25) is 0 Å². The molecule has 0 bridgehead atoms. The first-order valence-electron chi connectivity index (χ1n) is 8.99. The summed E-state index contributed by atoms with van der Waals surface area (Å²) in [6, 6.07) is 16.9. The first-order chi connectivity index (χ1) is 13.1. The molecule has 4 heteroatoms. The lowest BCUT2D eigenvalue weighted by molar-refractivity contribution is 0.171. The number of aliphatic hydroxyl groups excluding tert-OH is 1. The molecule has 2 nitrogen and oxygen atoms in total. The molecule has 1 atom stereocenters. The number of aliphatic hydroxyl groups is 1. The lowest BCUT2D eigenvalue weighted by Gasteiger charge is -2.09. The van der Waals surface area contributed by atoms with Crippen LogP contribution in [0.3, 0.4) is 0 Å². The summed E-state index contributed by atoms with van der Waals surface area (Å²) >= 11 is 11.9. The number of hydrogen-bond acceptors (Lipinski definition) is 2. The molecule has 2 aromatic carbocycles. The van der Waals surface area contributed by atoms with Crippen LogP contribution in [-0.2, 0) is 12.8 Å². The van der Waals surface area contributed by atoms with Crippen LogP contribution in [0.25, 0.3) is 11.3 Å². The number of furan rings is 1. The fourth-order valence-electron chi connectivity index (χ4n) is 3.05. The maximum Gasteiger partial charge on any atom is 0.137 e. The van der Waals surface area contributed by atoms with Crippen LogP contribution >= 0.6 is 23.2 Å². The van der Waals surface area contributed by atoms with Gasteiger partial charge in [-0.15, -0.1) is 6.58 Å². The number of allylic oxidation sites excluding steroid dienone is 1. The summed E-state index contributed by atoms with van der Waals surface area (Å²) in [5, 5.41) is 11.9. The van der Waals surface area contributed by atoms with Crippen molar-refractivity contribution in [3.05, 3.63) is 94.2 Å². The number of hydrogen-bond donors (Lipinski definition) is 1. The molecule has 0 aliphatic carbocycles. The third-order valence-corrected chi connectivity index (χ3v) is 4.97. The summed E-state index contributed by atoms with van der Waals surface area (Å²) in [5.74, 6) is 1.60. The van der Waals surface area contributed by atoms with E-state index in [2.05, 4.69) is 6.58 Å². The Bertz CT molecular complexity index is 880. The number of aryl methyl sites for hydroxylation is 1. The minimum atomic E-state index is -0.646. The van der Waals surface area contributed by atoms with Gasteiger partial charge in [0.05, 0.1) is 6.10 Å². The first-order valence-corrected chi connectivity index (χ1v) is 9.74. The van der Waals surface area contributed by atoms with Gasteiger partial charge >= 0.3 is 0 Å². The van der Waals surface area contributed by atoms with E-state index in [4.69, 9.17) is 27.6 Å².